The van der Waals surface area contributed by atoms with Gasteiger partial charge in [0.05, 0.1) is 6.10 Å². The summed E-state index contributed by atoms with van der Waals surface area (Å²) < 4.78 is 5.58. The number of para-hydroxylation sites is 1. The fraction of sp³-hybridized carbons (Fsp3) is 0.484. The van der Waals surface area contributed by atoms with Gasteiger partial charge in [0, 0.05) is 60.0 Å². The van der Waals surface area contributed by atoms with Crippen LogP contribution in [0.2, 0.25) is 5.02 Å². The highest BCUT2D eigenvalue weighted by molar-refractivity contribution is 6.30. The van der Waals surface area contributed by atoms with Crippen LogP contribution in [0.3, 0.4) is 0 Å². The predicted molar refractivity (Wildman–Crippen MR) is 162 cm³/mol. The van der Waals surface area contributed by atoms with Gasteiger partial charge in [-0.05, 0) is 82.1 Å². The Labute approximate surface area is 242 Å². The number of urea groups is 1. The molecular weight excluding hydrogens is 526 g/mol. The average Bonchev–Trinajstić information content (AvgIpc) is 3.34. The van der Waals surface area contributed by atoms with Crippen molar-refractivity contribution < 1.29 is 14.3 Å². The van der Waals surface area contributed by atoms with Crippen LogP contribution >= 0.6 is 11.6 Å². The van der Waals surface area contributed by atoms with E-state index < -0.39 is 6.04 Å². The lowest BCUT2D eigenvalue weighted by Crippen LogP contribution is -2.56. The third-order valence-corrected chi connectivity index (χ3v) is 7.63. The Balaban J connectivity index is 1.62. The number of anilines is 1. The quantitative estimate of drug-likeness (QED) is 0.279. The Morgan fingerprint density at radius 1 is 1.18 bits per heavy atom. The van der Waals surface area contributed by atoms with Crippen molar-refractivity contribution in [2.75, 3.05) is 45.2 Å². The number of ether oxygens (including phenoxy) is 1. The van der Waals surface area contributed by atoms with E-state index in [1.54, 1.807) is 0 Å². The standard InChI is InChI=1S/C31H42ClN5O3/c1-20(2)40-14-8-13-33-31(39)35-29(21(3)26-17-34-27-10-7-6-9-25(26)27)30(38)37-19-22(18-36(4)5)15-23-16-24(32)11-12-28(23)37/h6-7,9-12,16-17,20-22,29,34H,8,13-15,18-19H2,1-5H3,(H2,33,35,39)/t21?,22-,29?/m1/s1. The van der Waals surface area contributed by atoms with Gasteiger partial charge in [-0.15, -0.1) is 0 Å². The van der Waals surface area contributed by atoms with Gasteiger partial charge < -0.3 is 30.2 Å². The largest absolute Gasteiger partial charge is 0.379 e. The number of aromatic nitrogens is 1. The minimum absolute atomic E-state index is 0.136. The number of rotatable bonds is 11. The van der Waals surface area contributed by atoms with Gasteiger partial charge in [-0.2, -0.15) is 0 Å². The maximum Gasteiger partial charge on any atom is 0.315 e. The minimum atomic E-state index is -0.784. The highest BCUT2D eigenvalue weighted by atomic mass is 35.5. The van der Waals surface area contributed by atoms with Gasteiger partial charge in [0.1, 0.15) is 6.04 Å². The van der Waals surface area contributed by atoms with E-state index in [0.717, 1.165) is 40.7 Å². The van der Waals surface area contributed by atoms with Crippen molar-refractivity contribution in [3.63, 3.8) is 0 Å². The van der Waals surface area contributed by atoms with E-state index >= 15 is 0 Å². The van der Waals surface area contributed by atoms with Crippen LogP contribution in [0.25, 0.3) is 10.9 Å². The molecule has 1 aliphatic rings. The lowest BCUT2D eigenvalue weighted by Gasteiger charge is -2.38. The molecule has 216 valence electrons. The van der Waals surface area contributed by atoms with Gasteiger partial charge in [-0.1, -0.05) is 36.7 Å². The van der Waals surface area contributed by atoms with Crippen molar-refractivity contribution in [2.24, 2.45) is 5.92 Å². The molecular formula is C31H42ClN5O3. The highest BCUT2D eigenvalue weighted by Crippen LogP contribution is 2.35. The maximum absolute atomic E-state index is 14.4. The second-order valence-corrected chi connectivity index (χ2v) is 11.7. The molecule has 0 fully saturated rings. The second-order valence-electron chi connectivity index (χ2n) is 11.3. The Morgan fingerprint density at radius 3 is 2.70 bits per heavy atom. The zero-order valence-electron chi connectivity index (χ0n) is 24.2. The highest BCUT2D eigenvalue weighted by Gasteiger charge is 2.37. The normalized spacial score (nSPS) is 16.7. The molecule has 9 heteroatoms. The first kappa shape index (κ1) is 29.9. The number of fused-ring (bicyclic) bond motifs is 2. The number of aromatic amines is 1. The molecule has 3 amide bonds. The van der Waals surface area contributed by atoms with E-state index in [9.17, 15) is 9.59 Å². The van der Waals surface area contributed by atoms with Crippen molar-refractivity contribution in [1.29, 1.82) is 0 Å². The van der Waals surface area contributed by atoms with E-state index in [-0.39, 0.29) is 29.9 Å². The molecule has 4 rings (SSSR count). The van der Waals surface area contributed by atoms with Crippen molar-refractivity contribution in [3.8, 4) is 0 Å². The fourth-order valence-corrected chi connectivity index (χ4v) is 5.76. The van der Waals surface area contributed by atoms with E-state index in [2.05, 4.69) is 20.5 Å². The first-order chi connectivity index (χ1) is 19.1. The van der Waals surface area contributed by atoms with E-state index in [4.69, 9.17) is 16.3 Å². The summed E-state index contributed by atoms with van der Waals surface area (Å²) in [7, 11) is 4.08. The molecule has 40 heavy (non-hydrogen) atoms. The van der Waals surface area contributed by atoms with Gasteiger partial charge in [0.25, 0.3) is 0 Å². The molecule has 3 N–H and O–H groups in total. The first-order valence-electron chi connectivity index (χ1n) is 14.1. The van der Waals surface area contributed by atoms with E-state index in [1.165, 1.54) is 0 Å². The lowest BCUT2D eigenvalue weighted by atomic mass is 9.88. The molecule has 3 atom stereocenters. The summed E-state index contributed by atoms with van der Waals surface area (Å²) >= 11 is 6.36. The number of carbonyl (C=O) groups excluding carboxylic acids is 2. The number of amides is 3. The van der Waals surface area contributed by atoms with Crippen LogP contribution in [-0.4, -0.2) is 74.3 Å². The number of benzene rings is 2. The Morgan fingerprint density at radius 2 is 1.95 bits per heavy atom. The topological polar surface area (TPSA) is 89.7 Å². The zero-order chi connectivity index (χ0) is 28.8. The molecule has 8 nitrogen and oxygen atoms in total. The van der Waals surface area contributed by atoms with Crippen molar-refractivity contribution in [2.45, 2.75) is 51.7 Å². The fourth-order valence-electron chi connectivity index (χ4n) is 5.56. The summed E-state index contributed by atoms with van der Waals surface area (Å²) in [6.07, 6.45) is 3.62. The Kier molecular flexibility index (Phi) is 10.1. The monoisotopic (exact) mass is 567 g/mol. The number of nitrogens with one attached hydrogen (secondary N) is 3. The number of hydrogen-bond donors (Lipinski definition) is 3. The van der Waals surface area contributed by atoms with E-state index in [0.29, 0.717) is 31.1 Å². The molecule has 0 saturated heterocycles. The number of nitrogens with zero attached hydrogens (tertiary/aromatic N) is 2. The smallest absolute Gasteiger partial charge is 0.315 e. The molecule has 0 saturated carbocycles. The van der Waals surface area contributed by atoms with Gasteiger partial charge in [0.2, 0.25) is 5.91 Å². The molecule has 0 radical (unpaired) electrons. The first-order valence-corrected chi connectivity index (χ1v) is 14.5. The van der Waals surface area contributed by atoms with E-state index in [1.807, 2.05) is 88.4 Å². The van der Waals surface area contributed by atoms with Gasteiger partial charge in [-0.3, -0.25) is 4.79 Å². The predicted octanol–water partition coefficient (Wildman–Crippen LogP) is 5.17. The molecule has 1 aliphatic heterocycles. The number of hydrogen-bond acceptors (Lipinski definition) is 4. The van der Waals surface area contributed by atoms with Crippen LogP contribution in [-0.2, 0) is 16.0 Å². The van der Waals surface area contributed by atoms with Crippen LogP contribution in [0.15, 0.2) is 48.7 Å². The average molecular weight is 568 g/mol. The zero-order valence-corrected chi connectivity index (χ0v) is 24.9. The molecule has 0 aliphatic carbocycles. The van der Waals surface area contributed by atoms with Crippen LogP contribution in [0, 0.1) is 5.92 Å². The molecule has 2 unspecified atom stereocenters. The van der Waals surface area contributed by atoms with Gasteiger partial charge in [0.15, 0.2) is 0 Å². The summed E-state index contributed by atoms with van der Waals surface area (Å²) in [6.45, 7) is 8.39. The number of carbonyl (C=O) groups is 2. The summed E-state index contributed by atoms with van der Waals surface area (Å²) in [6, 6.07) is 12.6. The van der Waals surface area contributed by atoms with Crippen molar-refractivity contribution in [3.05, 3.63) is 64.8 Å². The van der Waals surface area contributed by atoms with Crippen molar-refractivity contribution in [1.82, 2.24) is 20.5 Å². The lowest BCUT2D eigenvalue weighted by molar-refractivity contribution is -0.121. The van der Waals surface area contributed by atoms with Gasteiger partial charge in [-0.25, -0.2) is 4.79 Å². The molecule has 0 spiro atoms. The number of halogens is 1. The molecule has 3 aromatic rings. The molecule has 0 bridgehead atoms. The summed E-state index contributed by atoms with van der Waals surface area (Å²) in [5, 5.41) is 7.63. The van der Waals surface area contributed by atoms with Crippen LogP contribution < -0.4 is 15.5 Å². The third-order valence-electron chi connectivity index (χ3n) is 7.39. The van der Waals surface area contributed by atoms with Gasteiger partial charge >= 0.3 is 6.03 Å². The Bertz CT molecular complexity index is 1310. The van der Waals surface area contributed by atoms with Crippen LogP contribution in [0.5, 0.6) is 0 Å². The third kappa shape index (κ3) is 7.36. The summed E-state index contributed by atoms with van der Waals surface area (Å²) in [4.78, 5) is 34.9. The van der Waals surface area contributed by atoms with Crippen molar-refractivity contribution >= 4 is 40.1 Å². The Hall–Kier alpha value is -3.07. The summed E-state index contributed by atoms with van der Waals surface area (Å²) in [5.41, 5.74) is 3.88. The number of H-pyrrole nitrogens is 1. The second kappa shape index (κ2) is 13.5. The summed E-state index contributed by atoms with van der Waals surface area (Å²) in [5.74, 6) is -0.185. The molecule has 2 heterocycles. The van der Waals surface area contributed by atoms with Crippen LogP contribution in [0.4, 0.5) is 10.5 Å². The maximum atomic E-state index is 14.4. The molecule has 1 aromatic heterocycles. The van der Waals surface area contributed by atoms with Crippen LogP contribution in [0.1, 0.15) is 44.2 Å². The minimum Gasteiger partial charge on any atom is -0.379 e. The molecule has 2 aromatic carbocycles. The SMILES string of the molecule is CC(C)OCCCNC(=O)NC(C(=O)N1C[C@@H](CN(C)C)Cc2cc(Cl)ccc21)C(C)c1c[nH]c2ccccc12.